The van der Waals surface area contributed by atoms with Crippen LogP contribution >= 0.6 is 35.4 Å². The highest BCUT2D eigenvalue weighted by Gasteiger charge is 2.49. The van der Waals surface area contributed by atoms with E-state index >= 15 is 0 Å². The van der Waals surface area contributed by atoms with E-state index in [0.717, 1.165) is 0 Å². The Morgan fingerprint density at radius 2 is 1.67 bits per heavy atom. The maximum atomic E-state index is 11.8. The van der Waals surface area contributed by atoms with E-state index in [4.69, 9.17) is 49.6 Å². The van der Waals surface area contributed by atoms with Gasteiger partial charge >= 0.3 is 17.9 Å². The molecule has 1 aliphatic rings. The third-order valence-electron chi connectivity index (χ3n) is 4.91. The second-order valence-electron chi connectivity index (χ2n) is 7.10. The van der Waals surface area contributed by atoms with Gasteiger partial charge in [0.15, 0.2) is 10.9 Å². The Bertz CT molecular complexity index is 1070. The van der Waals surface area contributed by atoms with Crippen molar-refractivity contribution >= 4 is 64.4 Å². The predicted octanol–water partition coefficient (Wildman–Crippen LogP) is 3.99. The van der Waals surface area contributed by atoms with Gasteiger partial charge in [0, 0.05) is 26.7 Å². The van der Waals surface area contributed by atoms with E-state index in [1.165, 1.54) is 20.8 Å². The molecule has 11 heteroatoms. The molecule has 1 saturated carbocycles. The van der Waals surface area contributed by atoms with Crippen LogP contribution in [0.25, 0.3) is 11.0 Å². The highest BCUT2D eigenvalue weighted by atomic mass is 35.5. The van der Waals surface area contributed by atoms with Crippen LogP contribution < -0.4 is 0 Å². The van der Waals surface area contributed by atoms with Gasteiger partial charge in [-0.05, 0) is 30.8 Å². The lowest BCUT2D eigenvalue weighted by atomic mass is 10.1. The van der Waals surface area contributed by atoms with Crippen LogP contribution in [0.5, 0.6) is 0 Å². The van der Waals surface area contributed by atoms with Crippen molar-refractivity contribution in [1.29, 1.82) is 0 Å². The van der Waals surface area contributed by atoms with Gasteiger partial charge in [0.05, 0.1) is 33.7 Å². The van der Waals surface area contributed by atoms with Crippen molar-refractivity contribution in [3.05, 3.63) is 26.9 Å². The van der Waals surface area contributed by atoms with Crippen molar-refractivity contribution in [2.24, 2.45) is 5.92 Å². The van der Waals surface area contributed by atoms with Crippen LogP contribution in [0.15, 0.2) is 12.1 Å². The second kappa shape index (κ2) is 8.95. The zero-order chi connectivity index (χ0) is 22.2. The monoisotopic (exact) mass is 474 g/mol. The van der Waals surface area contributed by atoms with Gasteiger partial charge in [0.2, 0.25) is 0 Å². The number of aromatic amines is 1. The zero-order valence-electron chi connectivity index (χ0n) is 16.4. The van der Waals surface area contributed by atoms with Crippen molar-refractivity contribution in [2.75, 3.05) is 6.61 Å². The molecule has 3 rings (SSSR count). The van der Waals surface area contributed by atoms with Crippen molar-refractivity contribution in [2.45, 2.75) is 45.4 Å². The van der Waals surface area contributed by atoms with Crippen LogP contribution in [0.3, 0.4) is 0 Å². The number of benzene rings is 1. The summed E-state index contributed by atoms with van der Waals surface area (Å²) in [5.41, 5.74) is 1.31. The fourth-order valence-corrected chi connectivity index (χ4v) is 4.51. The lowest BCUT2D eigenvalue weighted by molar-refractivity contribution is -0.168. The van der Waals surface area contributed by atoms with E-state index in [1.54, 1.807) is 16.7 Å². The molecule has 0 amide bonds. The van der Waals surface area contributed by atoms with Crippen molar-refractivity contribution in [3.8, 4) is 0 Å². The van der Waals surface area contributed by atoms with E-state index in [2.05, 4.69) is 4.98 Å². The van der Waals surface area contributed by atoms with Gasteiger partial charge in [-0.2, -0.15) is 0 Å². The minimum absolute atomic E-state index is 0.00378. The minimum Gasteiger partial charge on any atom is -0.465 e. The first-order valence-electron chi connectivity index (χ1n) is 9.15. The molecule has 1 aliphatic carbocycles. The molecule has 30 heavy (non-hydrogen) atoms. The normalized spacial score (nSPS) is 23.4. The third kappa shape index (κ3) is 4.63. The van der Waals surface area contributed by atoms with Gasteiger partial charge in [0.25, 0.3) is 0 Å². The number of aromatic nitrogens is 2. The molecule has 0 unspecified atom stereocenters. The van der Waals surface area contributed by atoms with Gasteiger partial charge in [-0.25, -0.2) is 0 Å². The molecule has 1 aromatic carbocycles. The molecule has 1 heterocycles. The van der Waals surface area contributed by atoms with Crippen molar-refractivity contribution in [3.63, 3.8) is 0 Å². The van der Waals surface area contributed by atoms with Crippen LogP contribution in [0.2, 0.25) is 10.0 Å². The van der Waals surface area contributed by atoms with Crippen molar-refractivity contribution < 1.29 is 28.6 Å². The first-order valence-corrected chi connectivity index (χ1v) is 10.3. The highest BCUT2D eigenvalue weighted by molar-refractivity contribution is 7.71. The molecule has 2 aromatic rings. The number of imidazole rings is 1. The van der Waals surface area contributed by atoms with Crippen LogP contribution in [-0.4, -0.2) is 46.3 Å². The molecular weight excluding hydrogens is 455 g/mol. The fraction of sp³-hybridized carbons (Fsp3) is 0.474. The lowest BCUT2D eigenvalue weighted by Crippen LogP contribution is -2.38. The minimum atomic E-state index is -0.841. The van der Waals surface area contributed by atoms with Gasteiger partial charge in [-0.15, -0.1) is 0 Å². The summed E-state index contributed by atoms with van der Waals surface area (Å²) >= 11 is 17.8. The average Bonchev–Trinajstić information content (AvgIpc) is 3.10. The molecule has 1 aromatic heterocycles. The molecule has 0 aliphatic heterocycles. The first-order chi connectivity index (χ1) is 14.1. The largest absolute Gasteiger partial charge is 0.465 e. The number of halogens is 2. The van der Waals surface area contributed by atoms with Crippen molar-refractivity contribution in [1.82, 2.24) is 9.55 Å². The smallest absolute Gasteiger partial charge is 0.303 e. The van der Waals surface area contributed by atoms with E-state index in [1.807, 2.05) is 0 Å². The number of nitrogens with zero attached hydrogens (tertiary/aromatic N) is 1. The average molecular weight is 475 g/mol. The van der Waals surface area contributed by atoms with Gasteiger partial charge in [0.1, 0.15) is 6.10 Å². The number of hydrogen-bond acceptors (Lipinski definition) is 7. The molecular formula is C19H20Cl2N2O6S. The Balaban J connectivity index is 2.10. The Morgan fingerprint density at radius 1 is 1.07 bits per heavy atom. The van der Waals surface area contributed by atoms with Gasteiger partial charge in [-0.1, -0.05) is 23.2 Å². The number of esters is 3. The first kappa shape index (κ1) is 22.6. The van der Waals surface area contributed by atoms with E-state index in [0.29, 0.717) is 32.3 Å². The molecule has 0 bridgehead atoms. The molecule has 0 spiro atoms. The standard InChI is InChI=1S/C19H20Cl2N2O6S/c1-8(24)27-7-11-4-16(18(29-10(3)26)17(11)28-9(2)25)23-15-6-13(21)12(20)5-14(15)22-19(23)30/h5-6,11,16-18H,4,7H2,1-3H3,(H,22,30)/t11-,16-,17-,18+/m0/s1. The summed E-state index contributed by atoms with van der Waals surface area (Å²) in [5.74, 6) is -1.94. The zero-order valence-corrected chi connectivity index (χ0v) is 18.8. The molecule has 0 radical (unpaired) electrons. The van der Waals surface area contributed by atoms with Crippen LogP contribution in [0, 0.1) is 10.7 Å². The van der Waals surface area contributed by atoms with Crippen LogP contribution in [0.4, 0.5) is 0 Å². The molecule has 1 fully saturated rings. The summed E-state index contributed by atoms with van der Waals surface area (Å²) in [5, 5.41) is 0.697. The Hall–Kier alpha value is -2.10. The Morgan fingerprint density at radius 3 is 2.27 bits per heavy atom. The number of rotatable bonds is 5. The number of carbonyl (C=O) groups excluding carboxylic acids is 3. The summed E-state index contributed by atoms with van der Waals surface area (Å²) in [7, 11) is 0. The van der Waals surface area contributed by atoms with E-state index in [-0.39, 0.29) is 6.61 Å². The summed E-state index contributed by atoms with van der Waals surface area (Å²) < 4.78 is 18.3. The summed E-state index contributed by atoms with van der Waals surface area (Å²) in [6.45, 7) is 3.83. The molecule has 0 saturated heterocycles. The van der Waals surface area contributed by atoms with Crippen LogP contribution in [0.1, 0.15) is 33.2 Å². The molecule has 4 atom stereocenters. The molecule has 8 nitrogen and oxygen atoms in total. The van der Waals surface area contributed by atoms with E-state index < -0.39 is 42.1 Å². The maximum absolute atomic E-state index is 11.8. The van der Waals surface area contributed by atoms with E-state index in [9.17, 15) is 14.4 Å². The number of H-pyrrole nitrogens is 1. The highest BCUT2D eigenvalue weighted by Crippen LogP contribution is 2.42. The number of carbonyl (C=O) groups is 3. The second-order valence-corrected chi connectivity index (χ2v) is 8.30. The number of fused-ring (bicyclic) bond motifs is 1. The SMILES string of the molecule is CC(=O)OC[C@@H]1C[C@H](n2c(=S)[nH]c3cc(Cl)c(Cl)cc32)[C@@H](OC(C)=O)[C@H]1OC(C)=O. The number of hydrogen-bond donors (Lipinski definition) is 1. The lowest BCUT2D eigenvalue weighted by Gasteiger charge is -2.26. The third-order valence-corrected chi connectivity index (χ3v) is 5.93. The molecule has 162 valence electrons. The summed E-state index contributed by atoms with van der Waals surface area (Å²) in [6, 6.07) is 2.83. The quantitative estimate of drug-likeness (QED) is 0.397. The topological polar surface area (TPSA) is 99.6 Å². The number of nitrogens with one attached hydrogen (secondary N) is 1. The predicted molar refractivity (Wildman–Crippen MR) is 112 cm³/mol. The Kier molecular flexibility index (Phi) is 6.74. The molecule has 1 N–H and O–H groups in total. The van der Waals surface area contributed by atoms with Crippen LogP contribution in [-0.2, 0) is 28.6 Å². The summed E-state index contributed by atoms with van der Waals surface area (Å²) in [4.78, 5) is 38.0. The van der Waals surface area contributed by atoms with Gasteiger partial charge in [-0.3, -0.25) is 14.4 Å². The number of ether oxygens (including phenoxy) is 3. The van der Waals surface area contributed by atoms with Gasteiger partial charge < -0.3 is 23.8 Å². The fourth-order valence-electron chi connectivity index (χ4n) is 3.85. The Labute approximate surface area is 187 Å². The summed E-state index contributed by atoms with van der Waals surface area (Å²) in [6.07, 6.45) is -1.28. The maximum Gasteiger partial charge on any atom is 0.303 e.